The van der Waals surface area contributed by atoms with E-state index in [9.17, 15) is 9.90 Å². The predicted octanol–water partition coefficient (Wildman–Crippen LogP) is 1.55. The minimum atomic E-state index is -0.956. The molecule has 0 saturated carbocycles. The summed E-state index contributed by atoms with van der Waals surface area (Å²) in [6, 6.07) is 7.57. The zero-order chi connectivity index (χ0) is 12.8. The summed E-state index contributed by atoms with van der Waals surface area (Å²) in [6.07, 6.45) is 0.917. The fourth-order valence-corrected chi connectivity index (χ4v) is 1.59. The molecule has 1 rings (SSSR count). The second-order valence-electron chi connectivity index (χ2n) is 3.83. The van der Waals surface area contributed by atoms with Crippen LogP contribution < -0.4 is 0 Å². The summed E-state index contributed by atoms with van der Waals surface area (Å²) in [6.45, 7) is 5.45. The Bertz CT molecular complexity index is 401. The van der Waals surface area contributed by atoms with Crippen molar-refractivity contribution in [2.75, 3.05) is 6.54 Å². The summed E-state index contributed by atoms with van der Waals surface area (Å²) in [7, 11) is 0. The molecule has 0 aliphatic carbocycles. The van der Waals surface area contributed by atoms with Gasteiger partial charge in [0.1, 0.15) is 6.23 Å². The van der Waals surface area contributed by atoms with E-state index in [0.29, 0.717) is 6.54 Å². The van der Waals surface area contributed by atoms with Crippen LogP contribution in [0.5, 0.6) is 0 Å². The third-order valence-electron chi connectivity index (χ3n) is 2.52. The Morgan fingerprint density at radius 3 is 2.71 bits per heavy atom. The second kappa shape index (κ2) is 6.18. The van der Waals surface area contributed by atoms with Gasteiger partial charge in [-0.25, -0.2) is 0 Å². The third kappa shape index (κ3) is 4.01. The molecule has 0 saturated heterocycles. The number of rotatable bonds is 6. The van der Waals surface area contributed by atoms with E-state index in [-0.39, 0.29) is 6.54 Å². The van der Waals surface area contributed by atoms with Gasteiger partial charge in [-0.05, 0) is 18.1 Å². The van der Waals surface area contributed by atoms with Crippen LogP contribution in [0.4, 0.5) is 0 Å². The number of carboxylic acid groups (broad SMARTS) is 1. The Hall–Kier alpha value is -1.65. The Labute approximate surface area is 101 Å². The molecule has 0 bridgehead atoms. The summed E-state index contributed by atoms with van der Waals surface area (Å²) in [5.74, 6) is -0.956. The van der Waals surface area contributed by atoms with Crippen LogP contribution in [0, 0.1) is 0 Å². The van der Waals surface area contributed by atoms with E-state index >= 15 is 0 Å². The molecular formula is C13H17NO3. The van der Waals surface area contributed by atoms with Crippen molar-refractivity contribution < 1.29 is 15.0 Å². The summed E-state index contributed by atoms with van der Waals surface area (Å²) in [4.78, 5) is 12.2. The molecule has 0 aromatic heterocycles. The Balaban J connectivity index is 2.85. The van der Waals surface area contributed by atoms with Crippen LogP contribution in [0.3, 0.4) is 0 Å². The van der Waals surface area contributed by atoms with Gasteiger partial charge >= 0.3 is 5.97 Å². The summed E-state index contributed by atoms with van der Waals surface area (Å²) >= 11 is 0. The summed E-state index contributed by atoms with van der Waals surface area (Å²) in [5.41, 5.74) is 1.90. The molecule has 1 unspecified atom stereocenters. The van der Waals surface area contributed by atoms with Gasteiger partial charge in [-0.1, -0.05) is 36.9 Å². The minimum absolute atomic E-state index is 0.191. The van der Waals surface area contributed by atoms with Crippen LogP contribution in [0.1, 0.15) is 18.1 Å². The van der Waals surface area contributed by atoms with Crippen LogP contribution >= 0.6 is 0 Å². The maximum absolute atomic E-state index is 10.7. The molecule has 0 spiro atoms. The van der Waals surface area contributed by atoms with Crippen LogP contribution in [-0.2, 0) is 11.3 Å². The van der Waals surface area contributed by atoms with Crippen molar-refractivity contribution in [3.05, 3.63) is 42.0 Å². The number of aliphatic hydroxyl groups excluding tert-OH is 1. The molecule has 4 heteroatoms. The average Bonchev–Trinajstić information content (AvgIpc) is 2.28. The highest BCUT2D eigenvalue weighted by molar-refractivity contribution is 5.69. The summed E-state index contributed by atoms with van der Waals surface area (Å²) < 4.78 is 0. The third-order valence-corrected chi connectivity index (χ3v) is 2.52. The highest BCUT2D eigenvalue weighted by Crippen LogP contribution is 2.13. The lowest BCUT2D eigenvalue weighted by atomic mass is 10.1. The van der Waals surface area contributed by atoms with E-state index in [1.54, 1.807) is 13.0 Å². The number of hydrogen-bond donors (Lipinski definition) is 2. The number of nitrogens with zero attached hydrogens (tertiary/aromatic N) is 1. The van der Waals surface area contributed by atoms with Gasteiger partial charge in [0.2, 0.25) is 0 Å². The lowest BCUT2D eigenvalue weighted by molar-refractivity contribution is -0.141. The molecule has 0 amide bonds. The predicted molar refractivity (Wildman–Crippen MR) is 66.3 cm³/mol. The SMILES string of the molecule is C=Cc1ccccc1CN(CC(=O)O)C(C)O. The van der Waals surface area contributed by atoms with Crippen molar-refractivity contribution in [1.82, 2.24) is 4.90 Å². The Kier molecular flexibility index (Phi) is 4.87. The zero-order valence-electron chi connectivity index (χ0n) is 9.84. The van der Waals surface area contributed by atoms with Gasteiger partial charge in [-0.3, -0.25) is 9.69 Å². The van der Waals surface area contributed by atoms with Gasteiger partial charge in [0, 0.05) is 6.54 Å². The molecule has 2 N–H and O–H groups in total. The first kappa shape index (κ1) is 13.4. The van der Waals surface area contributed by atoms with E-state index in [0.717, 1.165) is 11.1 Å². The standard InChI is InChI=1S/C13H17NO3/c1-3-11-6-4-5-7-12(11)8-14(10(2)15)9-13(16)17/h3-7,10,15H,1,8-9H2,2H3,(H,16,17). The normalized spacial score (nSPS) is 12.4. The van der Waals surface area contributed by atoms with Crippen LogP contribution in [0.15, 0.2) is 30.8 Å². The smallest absolute Gasteiger partial charge is 0.317 e. The van der Waals surface area contributed by atoms with Gasteiger partial charge in [0.25, 0.3) is 0 Å². The van der Waals surface area contributed by atoms with Crippen molar-refractivity contribution in [2.45, 2.75) is 19.7 Å². The molecule has 4 nitrogen and oxygen atoms in total. The van der Waals surface area contributed by atoms with Crippen molar-refractivity contribution in [3.63, 3.8) is 0 Å². The fourth-order valence-electron chi connectivity index (χ4n) is 1.59. The lowest BCUT2D eigenvalue weighted by Gasteiger charge is -2.24. The molecule has 0 aliphatic rings. The molecular weight excluding hydrogens is 218 g/mol. The zero-order valence-corrected chi connectivity index (χ0v) is 9.84. The fraction of sp³-hybridized carbons (Fsp3) is 0.308. The second-order valence-corrected chi connectivity index (χ2v) is 3.83. The summed E-state index contributed by atoms with van der Waals surface area (Å²) in [5, 5.41) is 18.3. The van der Waals surface area contributed by atoms with E-state index < -0.39 is 12.2 Å². The molecule has 1 aromatic carbocycles. The van der Waals surface area contributed by atoms with E-state index in [1.165, 1.54) is 4.90 Å². The van der Waals surface area contributed by atoms with Crippen LogP contribution in [0.2, 0.25) is 0 Å². The maximum Gasteiger partial charge on any atom is 0.317 e. The van der Waals surface area contributed by atoms with Crippen LogP contribution in [-0.4, -0.2) is 33.9 Å². The van der Waals surface area contributed by atoms with Crippen molar-refractivity contribution >= 4 is 12.0 Å². The highest BCUT2D eigenvalue weighted by atomic mass is 16.4. The molecule has 0 radical (unpaired) electrons. The number of carboxylic acids is 1. The van der Waals surface area contributed by atoms with Crippen molar-refractivity contribution in [1.29, 1.82) is 0 Å². The number of carbonyl (C=O) groups is 1. The molecule has 17 heavy (non-hydrogen) atoms. The Morgan fingerprint density at radius 1 is 1.53 bits per heavy atom. The monoisotopic (exact) mass is 235 g/mol. The average molecular weight is 235 g/mol. The first-order valence-corrected chi connectivity index (χ1v) is 5.39. The number of benzene rings is 1. The largest absolute Gasteiger partial charge is 0.480 e. The van der Waals surface area contributed by atoms with Crippen molar-refractivity contribution in [2.24, 2.45) is 0 Å². The van der Waals surface area contributed by atoms with Crippen molar-refractivity contribution in [3.8, 4) is 0 Å². The number of aliphatic hydroxyl groups is 1. The highest BCUT2D eigenvalue weighted by Gasteiger charge is 2.15. The van der Waals surface area contributed by atoms with Gasteiger partial charge in [-0.2, -0.15) is 0 Å². The molecule has 0 fully saturated rings. The quantitative estimate of drug-likeness (QED) is 0.734. The number of aliphatic carboxylic acids is 1. The van der Waals surface area contributed by atoms with Gasteiger partial charge in [-0.15, -0.1) is 0 Å². The van der Waals surface area contributed by atoms with Gasteiger partial charge < -0.3 is 10.2 Å². The number of hydrogen-bond acceptors (Lipinski definition) is 3. The molecule has 1 aromatic rings. The molecule has 1 atom stereocenters. The minimum Gasteiger partial charge on any atom is -0.480 e. The first-order valence-electron chi connectivity index (χ1n) is 5.39. The molecule has 92 valence electrons. The van der Waals surface area contributed by atoms with Gasteiger partial charge in [0.05, 0.1) is 6.54 Å². The van der Waals surface area contributed by atoms with Gasteiger partial charge in [0.15, 0.2) is 0 Å². The first-order chi connectivity index (χ1) is 8.04. The van der Waals surface area contributed by atoms with E-state index in [4.69, 9.17) is 5.11 Å². The topological polar surface area (TPSA) is 60.8 Å². The molecule has 0 aliphatic heterocycles. The lowest BCUT2D eigenvalue weighted by Crippen LogP contribution is -2.36. The maximum atomic E-state index is 10.7. The van der Waals surface area contributed by atoms with Crippen LogP contribution in [0.25, 0.3) is 6.08 Å². The Morgan fingerprint density at radius 2 is 2.18 bits per heavy atom. The van der Waals surface area contributed by atoms with E-state index in [1.807, 2.05) is 24.3 Å². The molecule has 0 heterocycles. The van der Waals surface area contributed by atoms with E-state index in [2.05, 4.69) is 6.58 Å².